The molecule has 0 aliphatic heterocycles. The highest BCUT2D eigenvalue weighted by Crippen LogP contribution is 2.15. The first-order valence-corrected chi connectivity index (χ1v) is 9.85. The molecule has 0 fully saturated rings. The van der Waals surface area contributed by atoms with Gasteiger partial charge in [0.05, 0.1) is 4.53 Å². The summed E-state index contributed by atoms with van der Waals surface area (Å²) >= 11 is 2.82. The van der Waals surface area contributed by atoms with Crippen LogP contribution in [0.2, 0.25) is 0 Å². The van der Waals surface area contributed by atoms with E-state index in [0.29, 0.717) is 15.1 Å². The predicted molar refractivity (Wildman–Crippen MR) is 106 cm³/mol. The van der Waals surface area contributed by atoms with Gasteiger partial charge in [0.15, 0.2) is 5.69 Å². The topological polar surface area (TPSA) is 64.3 Å². The number of nitrogens with zero attached hydrogens (tertiary/aromatic N) is 3. The molecule has 26 heavy (non-hydrogen) atoms. The fourth-order valence-electron chi connectivity index (χ4n) is 2.54. The van der Waals surface area contributed by atoms with Crippen molar-refractivity contribution >= 4 is 34.1 Å². The molecule has 2 heterocycles. The van der Waals surface area contributed by atoms with Gasteiger partial charge in [-0.05, 0) is 30.0 Å². The van der Waals surface area contributed by atoms with E-state index in [1.165, 1.54) is 4.52 Å². The van der Waals surface area contributed by atoms with Gasteiger partial charge in [-0.2, -0.15) is 14.6 Å². The van der Waals surface area contributed by atoms with Gasteiger partial charge in [0.1, 0.15) is 0 Å². The van der Waals surface area contributed by atoms with E-state index in [2.05, 4.69) is 10.1 Å². The molecule has 0 saturated carbocycles. The average Bonchev–Trinajstić information content (AvgIpc) is 2.97. The Morgan fingerprint density at radius 1 is 1.04 bits per heavy atom. The van der Waals surface area contributed by atoms with Crippen molar-refractivity contribution in [3.63, 3.8) is 0 Å². The van der Waals surface area contributed by atoms with Crippen molar-refractivity contribution in [2.75, 3.05) is 6.26 Å². The van der Waals surface area contributed by atoms with Crippen molar-refractivity contribution < 1.29 is 0 Å². The number of rotatable bonds is 3. The first kappa shape index (κ1) is 16.7. The minimum absolute atomic E-state index is 0.175. The summed E-state index contributed by atoms with van der Waals surface area (Å²) in [4.78, 5) is 30.5. The molecule has 0 N–H and O–H groups in total. The van der Waals surface area contributed by atoms with Crippen LogP contribution < -0.4 is 15.7 Å². The highest BCUT2D eigenvalue weighted by Gasteiger charge is 2.12. The second kappa shape index (κ2) is 6.86. The summed E-state index contributed by atoms with van der Waals surface area (Å²) in [7, 11) is 0. The maximum absolute atomic E-state index is 12.7. The lowest BCUT2D eigenvalue weighted by Gasteiger charge is -1.98. The van der Waals surface area contributed by atoms with Crippen molar-refractivity contribution in [3.05, 3.63) is 85.4 Å². The van der Waals surface area contributed by atoms with Gasteiger partial charge < -0.3 is 0 Å². The molecule has 0 amide bonds. The SMILES string of the molecule is CSc1ccc(C=c2sc3nc(=O)c(-c4ccccc4)nn3c2=O)cc1. The molecule has 0 aliphatic rings. The Morgan fingerprint density at radius 2 is 1.77 bits per heavy atom. The number of thiazole rings is 1. The molecule has 0 atom stereocenters. The van der Waals surface area contributed by atoms with Crippen molar-refractivity contribution in [2.45, 2.75) is 4.90 Å². The number of fused-ring (bicyclic) bond motifs is 1. The number of aromatic nitrogens is 3. The molecule has 0 saturated heterocycles. The monoisotopic (exact) mass is 379 g/mol. The largest absolute Gasteiger partial charge is 0.300 e. The lowest BCUT2D eigenvalue weighted by molar-refractivity contribution is 0.873. The van der Waals surface area contributed by atoms with Crippen molar-refractivity contribution in [1.82, 2.24) is 14.6 Å². The Kier molecular flexibility index (Phi) is 4.40. The summed E-state index contributed by atoms with van der Waals surface area (Å²) in [5, 5.41) is 4.25. The van der Waals surface area contributed by atoms with Gasteiger partial charge >= 0.3 is 5.56 Å². The van der Waals surface area contributed by atoms with E-state index in [9.17, 15) is 9.59 Å². The standard InChI is InChI=1S/C19H13N3O2S2/c1-25-14-9-7-12(8-10-14)11-15-18(24)22-19(26-15)20-17(23)16(21-22)13-5-3-2-4-6-13/h2-11H,1H3. The lowest BCUT2D eigenvalue weighted by atomic mass is 10.2. The zero-order valence-corrected chi connectivity index (χ0v) is 15.4. The van der Waals surface area contributed by atoms with E-state index in [1.54, 1.807) is 30.0 Å². The van der Waals surface area contributed by atoms with Crippen LogP contribution in [0.3, 0.4) is 0 Å². The van der Waals surface area contributed by atoms with Crippen LogP contribution in [-0.2, 0) is 0 Å². The van der Waals surface area contributed by atoms with Gasteiger partial charge in [0, 0.05) is 10.5 Å². The van der Waals surface area contributed by atoms with Crippen LogP contribution in [0.25, 0.3) is 22.3 Å². The zero-order valence-electron chi connectivity index (χ0n) is 13.7. The fraction of sp³-hybridized carbons (Fsp3) is 0.0526. The average molecular weight is 379 g/mol. The third kappa shape index (κ3) is 3.07. The van der Waals surface area contributed by atoms with E-state index >= 15 is 0 Å². The molecule has 5 nitrogen and oxygen atoms in total. The Morgan fingerprint density at radius 3 is 2.46 bits per heavy atom. The summed E-state index contributed by atoms with van der Waals surface area (Å²) in [6.45, 7) is 0. The summed E-state index contributed by atoms with van der Waals surface area (Å²) < 4.78 is 1.70. The van der Waals surface area contributed by atoms with Crippen molar-refractivity contribution in [1.29, 1.82) is 0 Å². The minimum Gasteiger partial charge on any atom is -0.266 e. The zero-order chi connectivity index (χ0) is 18.1. The van der Waals surface area contributed by atoms with E-state index in [1.807, 2.05) is 48.7 Å². The van der Waals surface area contributed by atoms with Crippen molar-refractivity contribution in [2.24, 2.45) is 0 Å². The minimum atomic E-state index is -0.437. The smallest absolute Gasteiger partial charge is 0.266 e. The molecule has 0 aliphatic carbocycles. The van der Waals surface area contributed by atoms with Crippen molar-refractivity contribution in [3.8, 4) is 11.3 Å². The number of benzene rings is 2. The molecule has 128 valence electrons. The van der Waals surface area contributed by atoms with E-state index in [0.717, 1.165) is 21.8 Å². The van der Waals surface area contributed by atoms with E-state index in [-0.39, 0.29) is 11.3 Å². The van der Waals surface area contributed by atoms with Crippen LogP contribution in [-0.4, -0.2) is 20.9 Å². The number of thioether (sulfide) groups is 1. The van der Waals surface area contributed by atoms with Crippen LogP contribution >= 0.6 is 23.1 Å². The van der Waals surface area contributed by atoms with E-state index < -0.39 is 5.56 Å². The van der Waals surface area contributed by atoms with Crippen LogP contribution in [0.1, 0.15) is 5.56 Å². The molecule has 4 rings (SSSR count). The molecular weight excluding hydrogens is 366 g/mol. The quantitative estimate of drug-likeness (QED) is 0.512. The first-order valence-electron chi connectivity index (χ1n) is 7.81. The van der Waals surface area contributed by atoms with Crippen LogP contribution in [0.4, 0.5) is 0 Å². The molecule has 0 radical (unpaired) electrons. The Hall–Kier alpha value is -2.77. The van der Waals surface area contributed by atoms with E-state index in [4.69, 9.17) is 0 Å². The Bertz CT molecular complexity index is 1250. The van der Waals surface area contributed by atoms with Gasteiger partial charge in [-0.25, -0.2) is 0 Å². The van der Waals surface area contributed by atoms with Crippen LogP contribution in [0, 0.1) is 0 Å². The molecule has 2 aromatic carbocycles. The summed E-state index contributed by atoms with van der Waals surface area (Å²) in [5.41, 5.74) is 1.02. The number of hydrogen-bond acceptors (Lipinski definition) is 6. The lowest BCUT2D eigenvalue weighted by Crippen LogP contribution is -2.26. The molecule has 7 heteroatoms. The second-order valence-electron chi connectivity index (χ2n) is 5.51. The van der Waals surface area contributed by atoms with Gasteiger partial charge in [0.25, 0.3) is 5.56 Å². The van der Waals surface area contributed by atoms with Crippen LogP contribution in [0.5, 0.6) is 0 Å². The fourth-order valence-corrected chi connectivity index (χ4v) is 3.85. The third-order valence-corrected chi connectivity index (χ3v) is 5.55. The summed E-state index contributed by atoms with van der Waals surface area (Å²) in [5.74, 6) is 0. The molecule has 2 aromatic heterocycles. The highest BCUT2D eigenvalue weighted by atomic mass is 32.2. The molecule has 0 unspecified atom stereocenters. The highest BCUT2D eigenvalue weighted by molar-refractivity contribution is 7.98. The maximum Gasteiger partial charge on any atom is 0.300 e. The molecular formula is C19H13N3O2S2. The third-order valence-electron chi connectivity index (χ3n) is 3.85. The first-order chi connectivity index (χ1) is 12.7. The van der Waals surface area contributed by atoms with Gasteiger partial charge in [0.2, 0.25) is 4.96 Å². The Labute approximate surface area is 156 Å². The van der Waals surface area contributed by atoms with Gasteiger partial charge in [-0.1, -0.05) is 53.8 Å². The summed E-state index contributed by atoms with van der Waals surface area (Å²) in [6, 6.07) is 16.9. The second-order valence-corrected chi connectivity index (χ2v) is 7.40. The maximum atomic E-state index is 12.7. The molecule has 0 bridgehead atoms. The molecule has 0 spiro atoms. The molecule has 4 aromatic rings. The van der Waals surface area contributed by atoms with Gasteiger partial charge in [-0.3, -0.25) is 9.59 Å². The summed E-state index contributed by atoms with van der Waals surface area (Å²) in [6.07, 6.45) is 3.80. The normalized spacial score (nSPS) is 12.0. The predicted octanol–water partition coefficient (Wildman–Crippen LogP) is 2.45. The Balaban J connectivity index is 1.88. The number of hydrogen-bond donors (Lipinski definition) is 0. The van der Waals surface area contributed by atoms with Gasteiger partial charge in [-0.15, -0.1) is 11.8 Å². The van der Waals surface area contributed by atoms with Crippen LogP contribution in [0.15, 0.2) is 69.1 Å².